The molecule has 52 valence electrons. The van der Waals surface area contributed by atoms with Gasteiger partial charge in [-0.3, -0.25) is 0 Å². The summed E-state index contributed by atoms with van der Waals surface area (Å²) < 4.78 is 5.25. The topological polar surface area (TPSA) is 55.5 Å². The van der Waals surface area contributed by atoms with Crippen molar-refractivity contribution in [3.8, 4) is 0 Å². The van der Waals surface area contributed by atoms with Gasteiger partial charge >= 0.3 is 0 Å². The Balaban J connectivity index is 2.06. The number of ether oxygens (including phenoxy) is 1. The second kappa shape index (κ2) is 1.68. The molecule has 2 aliphatic rings. The first kappa shape index (κ1) is 5.65. The van der Waals surface area contributed by atoms with Gasteiger partial charge in [-0.25, -0.2) is 0 Å². The molecule has 2 rings (SSSR count). The predicted molar refractivity (Wildman–Crippen MR) is 31.8 cm³/mol. The SMILES string of the molecule is NC1C(O)C2CCOC12. The Bertz CT molecular complexity index is 114. The minimum absolute atomic E-state index is 0.113. The molecule has 0 spiro atoms. The minimum atomic E-state index is -0.294. The molecule has 0 aromatic heterocycles. The van der Waals surface area contributed by atoms with E-state index in [2.05, 4.69) is 0 Å². The molecule has 2 fully saturated rings. The third-order valence-corrected chi connectivity index (χ3v) is 2.40. The third-order valence-electron chi connectivity index (χ3n) is 2.40. The van der Waals surface area contributed by atoms with Gasteiger partial charge in [0.2, 0.25) is 0 Å². The number of aliphatic hydroxyl groups excluding tert-OH is 1. The molecule has 0 aromatic rings. The van der Waals surface area contributed by atoms with Crippen molar-refractivity contribution in [1.82, 2.24) is 0 Å². The maximum Gasteiger partial charge on any atom is 0.0805 e. The van der Waals surface area contributed by atoms with Gasteiger partial charge in [-0.1, -0.05) is 0 Å². The highest BCUT2D eigenvalue weighted by Crippen LogP contribution is 2.37. The summed E-state index contributed by atoms with van der Waals surface area (Å²) >= 11 is 0. The fraction of sp³-hybridized carbons (Fsp3) is 1.00. The smallest absolute Gasteiger partial charge is 0.0805 e. The van der Waals surface area contributed by atoms with Gasteiger partial charge in [-0.05, 0) is 6.42 Å². The molecule has 0 radical (unpaired) electrons. The van der Waals surface area contributed by atoms with Crippen molar-refractivity contribution in [1.29, 1.82) is 0 Å². The largest absolute Gasteiger partial charge is 0.391 e. The average Bonchev–Trinajstić information content (AvgIpc) is 2.30. The zero-order chi connectivity index (χ0) is 6.43. The molecule has 1 heterocycles. The van der Waals surface area contributed by atoms with Crippen LogP contribution in [0.3, 0.4) is 0 Å². The van der Waals surface area contributed by atoms with Crippen molar-refractivity contribution in [3.05, 3.63) is 0 Å². The maximum atomic E-state index is 9.18. The van der Waals surface area contributed by atoms with Gasteiger partial charge in [0.1, 0.15) is 0 Å². The van der Waals surface area contributed by atoms with E-state index < -0.39 is 0 Å². The lowest BCUT2D eigenvalue weighted by Gasteiger charge is -2.41. The molecule has 1 saturated heterocycles. The lowest BCUT2D eigenvalue weighted by atomic mass is 9.74. The highest BCUT2D eigenvalue weighted by Gasteiger charge is 2.51. The normalized spacial score (nSPS) is 56.7. The first-order valence-electron chi connectivity index (χ1n) is 3.36. The van der Waals surface area contributed by atoms with E-state index in [1.165, 1.54) is 0 Å². The van der Waals surface area contributed by atoms with Crippen LogP contribution in [-0.4, -0.2) is 30.0 Å². The standard InChI is InChI=1S/C6H11NO2/c7-4-5(8)3-1-2-9-6(3)4/h3-6,8H,1-2,7H2. The second-order valence-electron chi connectivity index (χ2n) is 2.86. The molecule has 3 heteroatoms. The first-order valence-corrected chi connectivity index (χ1v) is 3.36. The number of hydrogen-bond donors (Lipinski definition) is 2. The van der Waals surface area contributed by atoms with Crippen LogP contribution in [0.2, 0.25) is 0 Å². The van der Waals surface area contributed by atoms with Crippen molar-refractivity contribution < 1.29 is 9.84 Å². The number of hydrogen-bond acceptors (Lipinski definition) is 3. The van der Waals surface area contributed by atoms with Gasteiger partial charge in [-0.15, -0.1) is 0 Å². The van der Waals surface area contributed by atoms with Crippen LogP contribution in [0, 0.1) is 5.92 Å². The summed E-state index contributed by atoms with van der Waals surface area (Å²) in [6.45, 7) is 0.778. The average molecular weight is 129 g/mol. The zero-order valence-corrected chi connectivity index (χ0v) is 5.16. The van der Waals surface area contributed by atoms with E-state index in [4.69, 9.17) is 10.5 Å². The fourth-order valence-corrected chi connectivity index (χ4v) is 1.72. The van der Waals surface area contributed by atoms with Crippen molar-refractivity contribution in [2.45, 2.75) is 24.7 Å². The molecule has 4 atom stereocenters. The maximum absolute atomic E-state index is 9.18. The minimum Gasteiger partial charge on any atom is -0.391 e. The van der Waals surface area contributed by atoms with Gasteiger partial charge in [0.05, 0.1) is 18.2 Å². The molecule has 0 bridgehead atoms. The number of nitrogens with two attached hydrogens (primary N) is 1. The lowest BCUT2D eigenvalue weighted by molar-refractivity contribution is -0.0889. The summed E-state index contributed by atoms with van der Waals surface area (Å²) in [5.74, 6) is 0.347. The first-order chi connectivity index (χ1) is 4.30. The highest BCUT2D eigenvalue weighted by atomic mass is 16.5. The number of fused-ring (bicyclic) bond motifs is 1. The van der Waals surface area contributed by atoms with Gasteiger partial charge < -0.3 is 15.6 Å². The molecule has 1 aliphatic heterocycles. The molecule has 3 N–H and O–H groups in total. The number of aliphatic hydroxyl groups is 1. The molecule has 9 heavy (non-hydrogen) atoms. The Morgan fingerprint density at radius 2 is 2.33 bits per heavy atom. The molecule has 1 aliphatic carbocycles. The van der Waals surface area contributed by atoms with Crippen LogP contribution in [0.5, 0.6) is 0 Å². The van der Waals surface area contributed by atoms with E-state index >= 15 is 0 Å². The van der Waals surface area contributed by atoms with Crippen LogP contribution in [0.4, 0.5) is 0 Å². The van der Waals surface area contributed by atoms with E-state index in [1.54, 1.807) is 0 Å². The molecular formula is C6H11NO2. The van der Waals surface area contributed by atoms with E-state index in [9.17, 15) is 5.11 Å². The summed E-state index contributed by atoms with van der Waals surface area (Å²) in [6.07, 6.45) is 0.858. The van der Waals surface area contributed by atoms with Crippen molar-refractivity contribution in [2.75, 3.05) is 6.61 Å². The Labute approximate surface area is 53.8 Å². The van der Waals surface area contributed by atoms with E-state index in [-0.39, 0.29) is 18.2 Å². The number of rotatable bonds is 0. The Hall–Kier alpha value is -0.120. The summed E-state index contributed by atoms with van der Waals surface area (Å²) in [5, 5.41) is 9.18. The fourth-order valence-electron chi connectivity index (χ4n) is 1.72. The van der Waals surface area contributed by atoms with Gasteiger partial charge in [0.25, 0.3) is 0 Å². The Morgan fingerprint density at radius 1 is 1.56 bits per heavy atom. The van der Waals surface area contributed by atoms with Crippen LogP contribution in [0.25, 0.3) is 0 Å². The quantitative estimate of drug-likeness (QED) is 0.445. The van der Waals surface area contributed by atoms with Gasteiger partial charge in [0, 0.05) is 12.5 Å². The van der Waals surface area contributed by atoms with Crippen LogP contribution >= 0.6 is 0 Å². The van der Waals surface area contributed by atoms with E-state index in [0.717, 1.165) is 13.0 Å². The van der Waals surface area contributed by atoms with E-state index in [1.807, 2.05) is 0 Å². The van der Waals surface area contributed by atoms with Crippen LogP contribution < -0.4 is 5.73 Å². The second-order valence-corrected chi connectivity index (χ2v) is 2.86. The molecule has 0 aromatic carbocycles. The summed E-state index contributed by atoms with van der Waals surface area (Å²) in [4.78, 5) is 0. The lowest BCUT2D eigenvalue weighted by Crippen LogP contribution is -2.62. The van der Waals surface area contributed by atoms with Crippen LogP contribution in [0.1, 0.15) is 6.42 Å². The predicted octanol–water partition coefficient (Wildman–Crippen LogP) is -0.907. The molecule has 1 saturated carbocycles. The zero-order valence-electron chi connectivity index (χ0n) is 5.16. The van der Waals surface area contributed by atoms with Crippen molar-refractivity contribution in [2.24, 2.45) is 11.7 Å². The Kier molecular flexibility index (Phi) is 1.06. The summed E-state index contributed by atoms with van der Waals surface area (Å²) in [6, 6.07) is -0.113. The molecule has 0 amide bonds. The van der Waals surface area contributed by atoms with Crippen LogP contribution in [-0.2, 0) is 4.74 Å². The molecule has 3 nitrogen and oxygen atoms in total. The van der Waals surface area contributed by atoms with Crippen LogP contribution in [0.15, 0.2) is 0 Å². The van der Waals surface area contributed by atoms with E-state index in [0.29, 0.717) is 5.92 Å². The molecule has 4 unspecified atom stereocenters. The van der Waals surface area contributed by atoms with Gasteiger partial charge in [-0.2, -0.15) is 0 Å². The monoisotopic (exact) mass is 129 g/mol. The Morgan fingerprint density at radius 3 is 3.00 bits per heavy atom. The molecular weight excluding hydrogens is 118 g/mol. The summed E-state index contributed by atoms with van der Waals surface area (Å²) in [5.41, 5.74) is 5.53. The third kappa shape index (κ3) is 0.569. The van der Waals surface area contributed by atoms with Crippen molar-refractivity contribution >= 4 is 0 Å². The highest BCUT2D eigenvalue weighted by molar-refractivity contribution is 5.04. The van der Waals surface area contributed by atoms with Crippen molar-refractivity contribution in [3.63, 3.8) is 0 Å². The summed E-state index contributed by atoms with van der Waals surface area (Å²) in [7, 11) is 0. The van der Waals surface area contributed by atoms with Gasteiger partial charge in [0.15, 0.2) is 0 Å².